The molecule has 0 saturated heterocycles. The van der Waals surface area contributed by atoms with Crippen molar-refractivity contribution in [1.82, 2.24) is 9.97 Å². The summed E-state index contributed by atoms with van der Waals surface area (Å²) in [7, 11) is 0. The minimum atomic E-state index is 0.720. The van der Waals surface area contributed by atoms with Crippen molar-refractivity contribution in [3.8, 4) is 56.2 Å². The van der Waals surface area contributed by atoms with Crippen LogP contribution in [0, 0.1) is 5.92 Å². The molecule has 0 radical (unpaired) electrons. The Bertz CT molecular complexity index is 2420. The molecule has 1 unspecified atom stereocenters. The lowest BCUT2D eigenvalue weighted by Crippen LogP contribution is -2.12. The summed E-state index contributed by atoms with van der Waals surface area (Å²) in [5.74, 6) is 1.46. The summed E-state index contributed by atoms with van der Waals surface area (Å²) in [4.78, 5) is 10.2. The quantitative estimate of drug-likeness (QED) is 0.177. The zero-order valence-corrected chi connectivity index (χ0v) is 27.6. The Labute approximate surface area is 287 Å². The van der Waals surface area contributed by atoms with Crippen molar-refractivity contribution in [2.24, 2.45) is 5.92 Å². The second-order valence-electron chi connectivity index (χ2n) is 13.5. The Morgan fingerprint density at radius 2 is 0.918 bits per heavy atom. The normalized spacial score (nSPS) is 14.2. The summed E-state index contributed by atoms with van der Waals surface area (Å²) in [5, 5.41) is 5.57. The van der Waals surface area contributed by atoms with Gasteiger partial charge in [0.25, 0.3) is 0 Å². The van der Waals surface area contributed by atoms with E-state index in [1.54, 1.807) is 11.1 Å². The molecule has 49 heavy (non-hydrogen) atoms. The summed E-state index contributed by atoms with van der Waals surface area (Å²) in [6, 6.07) is 56.5. The molecule has 0 bridgehead atoms. The third-order valence-corrected chi connectivity index (χ3v) is 10.2. The van der Waals surface area contributed by atoms with E-state index in [2.05, 4.69) is 153 Å². The van der Waals surface area contributed by atoms with Gasteiger partial charge in [0.2, 0.25) is 0 Å². The number of hydrogen-bond acceptors (Lipinski definition) is 2. The molecular weight excluding hydrogens is 593 g/mol. The van der Waals surface area contributed by atoms with Crippen LogP contribution in [0.4, 0.5) is 0 Å². The van der Waals surface area contributed by atoms with Crippen LogP contribution < -0.4 is 0 Å². The van der Waals surface area contributed by atoms with Crippen molar-refractivity contribution in [1.29, 1.82) is 0 Å². The maximum absolute atomic E-state index is 5.08. The summed E-state index contributed by atoms with van der Waals surface area (Å²) in [6.07, 6.45) is 3.59. The molecule has 2 nitrogen and oxygen atoms in total. The van der Waals surface area contributed by atoms with E-state index in [4.69, 9.17) is 9.97 Å². The molecule has 1 atom stereocenters. The van der Waals surface area contributed by atoms with Crippen LogP contribution in [0.5, 0.6) is 0 Å². The van der Waals surface area contributed by atoms with Gasteiger partial charge in [-0.05, 0) is 104 Å². The zero-order valence-electron chi connectivity index (χ0n) is 27.6. The fourth-order valence-electron chi connectivity index (χ4n) is 7.68. The molecule has 1 aliphatic carbocycles. The van der Waals surface area contributed by atoms with Gasteiger partial charge in [-0.1, -0.05) is 140 Å². The second kappa shape index (κ2) is 12.3. The highest BCUT2D eigenvalue weighted by molar-refractivity contribution is 6.12. The van der Waals surface area contributed by atoms with Gasteiger partial charge in [0.1, 0.15) is 0 Å². The number of aromatic nitrogens is 2. The molecule has 0 amide bonds. The largest absolute Gasteiger partial charge is 0.228 e. The number of hydrogen-bond donors (Lipinski definition) is 0. The second-order valence-corrected chi connectivity index (χ2v) is 13.5. The molecule has 0 N–H and O–H groups in total. The van der Waals surface area contributed by atoms with Crippen molar-refractivity contribution in [2.75, 3.05) is 0 Å². The molecule has 8 aromatic rings. The van der Waals surface area contributed by atoms with Gasteiger partial charge in [-0.2, -0.15) is 0 Å². The molecule has 1 aromatic heterocycles. The maximum atomic E-state index is 5.08. The lowest BCUT2D eigenvalue weighted by atomic mass is 9.79. The van der Waals surface area contributed by atoms with Crippen molar-refractivity contribution in [2.45, 2.75) is 26.2 Å². The number of rotatable bonds is 5. The van der Waals surface area contributed by atoms with E-state index in [0.717, 1.165) is 51.8 Å². The van der Waals surface area contributed by atoms with E-state index >= 15 is 0 Å². The first-order chi connectivity index (χ1) is 24.2. The highest BCUT2D eigenvalue weighted by Gasteiger charge is 2.21. The minimum Gasteiger partial charge on any atom is -0.228 e. The highest BCUT2D eigenvalue weighted by Crippen LogP contribution is 2.40. The van der Waals surface area contributed by atoms with Crippen molar-refractivity contribution < 1.29 is 0 Å². The first-order valence-electron chi connectivity index (χ1n) is 17.4. The van der Waals surface area contributed by atoms with Crippen LogP contribution in [0.25, 0.3) is 77.7 Å². The van der Waals surface area contributed by atoms with Gasteiger partial charge in [-0.15, -0.1) is 0 Å². The van der Waals surface area contributed by atoms with Gasteiger partial charge >= 0.3 is 0 Å². The van der Waals surface area contributed by atoms with E-state index in [0.29, 0.717) is 0 Å². The summed E-state index contributed by atoms with van der Waals surface area (Å²) >= 11 is 0. The Balaban J connectivity index is 1.12. The fraction of sp³-hybridized carbons (Fsp3) is 0.106. The van der Waals surface area contributed by atoms with Crippen LogP contribution in [-0.2, 0) is 12.8 Å². The molecule has 234 valence electrons. The van der Waals surface area contributed by atoms with Crippen molar-refractivity contribution in [3.05, 3.63) is 169 Å². The van der Waals surface area contributed by atoms with Gasteiger partial charge in [-0.25, -0.2) is 9.97 Å². The molecule has 0 fully saturated rings. The maximum Gasteiger partial charge on any atom is 0.160 e. The molecule has 0 saturated carbocycles. The minimum absolute atomic E-state index is 0.720. The molecule has 0 aliphatic heterocycles. The monoisotopic (exact) mass is 628 g/mol. The van der Waals surface area contributed by atoms with Gasteiger partial charge in [0.05, 0.1) is 11.4 Å². The molecule has 1 aliphatic rings. The highest BCUT2D eigenvalue weighted by atomic mass is 14.9. The van der Waals surface area contributed by atoms with Gasteiger partial charge in [0, 0.05) is 16.7 Å². The molecule has 2 heteroatoms. The Kier molecular flexibility index (Phi) is 7.35. The van der Waals surface area contributed by atoms with Crippen LogP contribution in [0.3, 0.4) is 0 Å². The summed E-state index contributed by atoms with van der Waals surface area (Å²) < 4.78 is 0. The predicted octanol–water partition coefficient (Wildman–Crippen LogP) is 12.2. The average Bonchev–Trinajstić information content (AvgIpc) is 3.18. The first-order valence-corrected chi connectivity index (χ1v) is 17.4. The fourth-order valence-corrected chi connectivity index (χ4v) is 7.68. The lowest BCUT2D eigenvalue weighted by Gasteiger charge is -2.25. The van der Waals surface area contributed by atoms with Gasteiger partial charge < -0.3 is 0 Å². The van der Waals surface area contributed by atoms with E-state index in [9.17, 15) is 0 Å². The first kappa shape index (κ1) is 29.3. The standard InChI is InChI=1S/C47H36N2/c1-31-22-24-41-42-25-23-37(29-44(42)40-21-9-8-20-39(40)43(41)26-31)35-17-10-16-34(27-35)36-18-11-19-38(28-36)47-48-45(32-12-4-2-5-13-32)30-46(49-47)33-14-6-3-7-15-33/h2-21,23,25,27-31H,22,24,26H2,1H3. The summed E-state index contributed by atoms with van der Waals surface area (Å²) in [6.45, 7) is 2.39. The van der Waals surface area contributed by atoms with Crippen LogP contribution in [0.15, 0.2) is 158 Å². The molecule has 7 aromatic carbocycles. The van der Waals surface area contributed by atoms with Crippen LogP contribution in [0.2, 0.25) is 0 Å². The Morgan fingerprint density at radius 1 is 0.408 bits per heavy atom. The van der Waals surface area contributed by atoms with Crippen LogP contribution in [0.1, 0.15) is 24.5 Å². The third kappa shape index (κ3) is 5.50. The van der Waals surface area contributed by atoms with Crippen LogP contribution >= 0.6 is 0 Å². The predicted molar refractivity (Wildman–Crippen MR) is 205 cm³/mol. The van der Waals surface area contributed by atoms with E-state index in [1.807, 2.05) is 12.1 Å². The molecular formula is C47H36N2. The molecule has 9 rings (SSSR count). The van der Waals surface area contributed by atoms with Crippen LogP contribution in [-0.4, -0.2) is 9.97 Å². The zero-order chi connectivity index (χ0) is 32.7. The topological polar surface area (TPSA) is 25.8 Å². The number of nitrogens with zero attached hydrogens (tertiary/aromatic N) is 2. The third-order valence-electron chi connectivity index (χ3n) is 10.2. The van der Waals surface area contributed by atoms with E-state index in [1.165, 1.54) is 51.1 Å². The number of benzene rings is 7. The Morgan fingerprint density at radius 3 is 1.57 bits per heavy atom. The van der Waals surface area contributed by atoms with Crippen molar-refractivity contribution in [3.63, 3.8) is 0 Å². The smallest absolute Gasteiger partial charge is 0.160 e. The SMILES string of the molecule is CC1CCc2c(c3ccccc3c3cc(-c4cccc(-c5cccc(-c6nc(-c7ccccc7)cc(-c7ccccc7)n6)c5)c4)ccc23)C1. The lowest BCUT2D eigenvalue weighted by molar-refractivity contribution is 0.505. The van der Waals surface area contributed by atoms with E-state index < -0.39 is 0 Å². The molecule has 1 heterocycles. The average molecular weight is 629 g/mol. The van der Waals surface area contributed by atoms with Gasteiger partial charge in [-0.3, -0.25) is 0 Å². The van der Waals surface area contributed by atoms with Gasteiger partial charge in [0.15, 0.2) is 5.82 Å². The van der Waals surface area contributed by atoms with Crippen molar-refractivity contribution >= 4 is 21.5 Å². The molecule has 0 spiro atoms. The summed E-state index contributed by atoms with van der Waals surface area (Å²) in [5.41, 5.74) is 12.9. The number of aryl methyl sites for hydroxylation is 1. The number of fused-ring (bicyclic) bond motifs is 6. The Hall–Kier alpha value is -5.86. The van der Waals surface area contributed by atoms with E-state index in [-0.39, 0.29) is 0 Å².